The first-order valence-electron chi connectivity index (χ1n) is 12.0. The predicted molar refractivity (Wildman–Crippen MR) is 138 cm³/mol. The number of aromatic amines is 1. The summed E-state index contributed by atoms with van der Waals surface area (Å²) in [5.74, 6) is -0.0580. The maximum absolute atomic E-state index is 13.7. The Labute approximate surface area is 211 Å². The van der Waals surface area contributed by atoms with Crippen molar-refractivity contribution in [1.82, 2.24) is 4.98 Å². The third kappa shape index (κ3) is 2.93. The van der Waals surface area contributed by atoms with E-state index in [4.69, 9.17) is 0 Å². The van der Waals surface area contributed by atoms with Gasteiger partial charge in [-0.25, -0.2) is 0 Å². The molecule has 35 heavy (non-hydrogen) atoms. The minimum absolute atomic E-state index is 0.0349. The van der Waals surface area contributed by atoms with E-state index in [1.165, 1.54) is 21.8 Å². The third-order valence-corrected chi connectivity index (χ3v) is 11.1. The number of hydrogen-bond acceptors (Lipinski definition) is 6. The lowest BCUT2D eigenvalue weighted by atomic mass is 9.68. The summed E-state index contributed by atoms with van der Waals surface area (Å²) in [5, 5.41) is 1.16. The van der Waals surface area contributed by atoms with Crippen LogP contribution < -0.4 is 14.7 Å². The van der Waals surface area contributed by atoms with Gasteiger partial charge in [-0.1, -0.05) is 41.7 Å². The molecule has 8 heteroatoms. The van der Waals surface area contributed by atoms with Crippen molar-refractivity contribution in [3.05, 3.63) is 74.7 Å². The van der Waals surface area contributed by atoms with Crippen molar-refractivity contribution in [1.29, 1.82) is 0 Å². The molecule has 1 saturated heterocycles. The molecular formula is C27H25N3O3S2. The van der Waals surface area contributed by atoms with Gasteiger partial charge in [0, 0.05) is 35.8 Å². The van der Waals surface area contributed by atoms with Gasteiger partial charge < -0.3 is 9.88 Å². The molecule has 1 N–H and O–H groups in total. The van der Waals surface area contributed by atoms with Crippen LogP contribution in [0.1, 0.15) is 22.8 Å². The van der Waals surface area contributed by atoms with Gasteiger partial charge in [-0.15, -0.1) is 11.8 Å². The molecule has 6 nitrogen and oxygen atoms in total. The first-order valence-corrected chi connectivity index (χ1v) is 13.7. The van der Waals surface area contributed by atoms with Gasteiger partial charge in [0.05, 0.1) is 22.5 Å². The van der Waals surface area contributed by atoms with Gasteiger partial charge in [0.1, 0.15) is 0 Å². The maximum atomic E-state index is 13.7. The van der Waals surface area contributed by atoms with Crippen molar-refractivity contribution in [2.75, 3.05) is 23.9 Å². The molecule has 7 rings (SSSR count). The zero-order chi connectivity index (χ0) is 24.0. The van der Waals surface area contributed by atoms with Gasteiger partial charge in [0.15, 0.2) is 0 Å². The molecule has 7 atom stereocenters. The van der Waals surface area contributed by atoms with Gasteiger partial charge in [-0.05, 0) is 54.0 Å². The fraction of sp³-hybridized carbons (Fsp3) is 0.370. The Hall–Kier alpha value is -2.84. The number of anilines is 2. The Morgan fingerprint density at radius 1 is 0.914 bits per heavy atom. The van der Waals surface area contributed by atoms with Crippen molar-refractivity contribution < 1.29 is 9.59 Å². The van der Waals surface area contributed by atoms with E-state index in [1.807, 2.05) is 44.4 Å². The second-order valence-corrected chi connectivity index (χ2v) is 12.5. The number of carbonyl (C=O) groups excluding carboxylic acids is 2. The molecule has 0 spiro atoms. The number of para-hydroxylation sites is 1. The Morgan fingerprint density at radius 3 is 2.29 bits per heavy atom. The van der Waals surface area contributed by atoms with Crippen LogP contribution in [0.15, 0.2) is 64.4 Å². The third-order valence-electron chi connectivity index (χ3n) is 8.51. The van der Waals surface area contributed by atoms with Gasteiger partial charge in [0.25, 0.3) is 0 Å². The number of carbonyl (C=O) groups is 2. The van der Waals surface area contributed by atoms with Crippen molar-refractivity contribution in [2.24, 2.45) is 29.6 Å². The summed E-state index contributed by atoms with van der Waals surface area (Å²) in [6, 6.07) is 17.9. The Morgan fingerprint density at radius 2 is 1.60 bits per heavy atom. The number of thioether (sulfide) groups is 1. The monoisotopic (exact) mass is 503 g/mol. The summed E-state index contributed by atoms with van der Waals surface area (Å²) >= 11 is 3.03. The number of rotatable bonds is 3. The molecule has 3 aromatic rings. The highest BCUT2D eigenvalue weighted by Crippen LogP contribution is 2.68. The lowest BCUT2D eigenvalue weighted by Crippen LogP contribution is -2.42. The summed E-state index contributed by atoms with van der Waals surface area (Å²) < 4.78 is 0. The van der Waals surface area contributed by atoms with E-state index in [0.717, 1.165) is 22.0 Å². The van der Waals surface area contributed by atoms with E-state index < -0.39 is 0 Å². The standard InChI is InChI=1S/C27H25N3O3S2/c1-29(2)14-10-8-13(9-11-14)18-19-16-12-17(22(19)34-24-23(18)35-27(33)28-24)21-20(16)25(31)30(26(21)32)15-6-4-3-5-7-15/h3-11,16-22H,12H2,1-2H3,(H,28,33)/t16-,17+,18-,19+,20-,21-,22-/m1/s1. The number of nitrogens with one attached hydrogen (secondary N) is 1. The SMILES string of the molecule is CN(C)c1ccc([C@H]2c3sc(=O)[nH]c3S[C@@H]3[C@H]4C[C@@H]([C@H]5C(=O)N(c6ccccc6)C(=O)[C@H]45)[C@@H]23)cc1. The number of H-pyrrole nitrogens is 1. The van der Waals surface area contributed by atoms with Crippen LogP contribution in [0.25, 0.3) is 0 Å². The fourth-order valence-electron chi connectivity index (χ4n) is 7.20. The minimum atomic E-state index is -0.268. The van der Waals surface area contributed by atoms with Crippen LogP contribution in [-0.2, 0) is 9.59 Å². The van der Waals surface area contributed by atoms with Gasteiger partial charge in [-0.3, -0.25) is 19.3 Å². The minimum Gasteiger partial charge on any atom is -0.378 e. The molecule has 1 aromatic heterocycles. The van der Waals surface area contributed by atoms with E-state index in [0.29, 0.717) is 5.69 Å². The van der Waals surface area contributed by atoms with E-state index >= 15 is 0 Å². The number of hydrogen-bond donors (Lipinski definition) is 1. The lowest BCUT2D eigenvalue weighted by Gasteiger charge is -2.43. The molecule has 2 aliphatic heterocycles. The van der Waals surface area contributed by atoms with Crippen LogP contribution in [-0.4, -0.2) is 36.1 Å². The van der Waals surface area contributed by atoms with Gasteiger partial charge >= 0.3 is 4.87 Å². The zero-order valence-electron chi connectivity index (χ0n) is 19.4. The highest BCUT2D eigenvalue weighted by molar-refractivity contribution is 8.00. The smallest absolute Gasteiger partial charge is 0.305 e. The molecular weight excluding hydrogens is 478 g/mol. The Balaban J connectivity index is 1.32. The number of thiazole rings is 1. The van der Waals surface area contributed by atoms with Crippen LogP contribution in [0.5, 0.6) is 0 Å². The fourth-order valence-corrected chi connectivity index (χ4v) is 10.1. The van der Waals surface area contributed by atoms with Crippen LogP contribution in [0.2, 0.25) is 0 Å². The lowest BCUT2D eigenvalue weighted by molar-refractivity contribution is -0.123. The van der Waals surface area contributed by atoms with Crippen LogP contribution >= 0.6 is 23.1 Å². The zero-order valence-corrected chi connectivity index (χ0v) is 21.0. The summed E-state index contributed by atoms with van der Waals surface area (Å²) in [4.78, 5) is 47.3. The molecule has 2 aromatic carbocycles. The highest BCUT2D eigenvalue weighted by atomic mass is 32.2. The molecule has 2 bridgehead atoms. The molecule has 0 unspecified atom stereocenters. The van der Waals surface area contributed by atoms with Crippen molar-refractivity contribution in [2.45, 2.75) is 22.6 Å². The molecule has 3 fully saturated rings. The molecule has 2 saturated carbocycles. The topological polar surface area (TPSA) is 73.5 Å². The molecule has 0 radical (unpaired) electrons. The van der Waals surface area contributed by atoms with Crippen molar-refractivity contribution in [3.8, 4) is 0 Å². The largest absolute Gasteiger partial charge is 0.378 e. The van der Waals surface area contributed by atoms with Crippen LogP contribution in [0.3, 0.4) is 0 Å². The second kappa shape index (κ2) is 7.58. The number of fused-ring (bicyclic) bond motifs is 9. The van der Waals surface area contributed by atoms with Gasteiger partial charge in [-0.2, -0.15) is 0 Å². The summed E-state index contributed by atoms with van der Waals surface area (Å²) in [7, 11) is 4.05. The number of aromatic nitrogens is 1. The molecule has 178 valence electrons. The normalized spacial score (nSPS) is 32.5. The van der Waals surface area contributed by atoms with E-state index in [-0.39, 0.29) is 57.4 Å². The number of imide groups is 1. The molecule has 2 aliphatic carbocycles. The average molecular weight is 504 g/mol. The molecule has 3 heterocycles. The summed E-state index contributed by atoms with van der Waals surface area (Å²) in [6.45, 7) is 0. The van der Waals surface area contributed by atoms with Crippen LogP contribution in [0, 0.1) is 29.6 Å². The summed E-state index contributed by atoms with van der Waals surface area (Å²) in [6.07, 6.45) is 0.906. The first kappa shape index (κ1) is 21.4. The summed E-state index contributed by atoms with van der Waals surface area (Å²) in [5.41, 5.74) is 2.98. The van der Waals surface area contributed by atoms with Crippen molar-refractivity contribution in [3.63, 3.8) is 0 Å². The van der Waals surface area contributed by atoms with Gasteiger partial charge in [0.2, 0.25) is 11.8 Å². The number of benzene rings is 2. The number of amides is 2. The number of nitrogens with zero attached hydrogens (tertiary/aromatic N) is 2. The van der Waals surface area contributed by atoms with Crippen molar-refractivity contribution >= 4 is 46.3 Å². The quantitative estimate of drug-likeness (QED) is 0.543. The van der Waals surface area contributed by atoms with E-state index in [2.05, 4.69) is 34.1 Å². The highest BCUT2D eigenvalue weighted by Gasteiger charge is 2.69. The average Bonchev–Trinajstić information content (AvgIpc) is 3.58. The Bertz CT molecular complexity index is 1400. The van der Waals surface area contributed by atoms with E-state index in [1.54, 1.807) is 11.8 Å². The van der Waals surface area contributed by atoms with Crippen LogP contribution in [0.4, 0.5) is 11.4 Å². The van der Waals surface area contributed by atoms with E-state index in [9.17, 15) is 14.4 Å². The second-order valence-electron chi connectivity index (χ2n) is 10.3. The predicted octanol–water partition coefficient (Wildman–Crippen LogP) is 4.18. The first-order chi connectivity index (χ1) is 16.9. The molecule has 2 amide bonds. The Kier molecular flexibility index (Phi) is 4.64. The molecule has 4 aliphatic rings. The maximum Gasteiger partial charge on any atom is 0.305 e.